The van der Waals surface area contributed by atoms with E-state index < -0.39 is 0 Å². The molecule has 0 aliphatic carbocycles. The molecule has 6 nitrogen and oxygen atoms in total. The highest BCUT2D eigenvalue weighted by Crippen LogP contribution is 2.24. The van der Waals surface area contributed by atoms with E-state index in [1.54, 1.807) is 12.5 Å². The third-order valence-corrected chi connectivity index (χ3v) is 3.94. The van der Waals surface area contributed by atoms with Crippen LogP contribution in [0.4, 0.5) is 11.8 Å². The summed E-state index contributed by atoms with van der Waals surface area (Å²) in [5.41, 5.74) is 0. The maximum Gasteiger partial charge on any atom is 0.245 e. The Morgan fingerprint density at radius 3 is 3.19 bits per heavy atom. The smallest absolute Gasteiger partial charge is 0.245 e. The summed E-state index contributed by atoms with van der Waals surface area (Å²) < 4.78 is 5.29. The van der Waals surface area contributed by atoms with Crippen LogP contribution in [0.25, 0.3) is 0 Å². The van der Waals surface area contributed by atoms with Crippen molar-refractivity contribution in [3.63, 3.8) is 0 Å². The van der Waals surface area contributed by atoms with E-state index in [1.165, 1.54) is 19.3 Å². The zero-order valence-corrected chi connectivity index (χ0v) is 12.3. The first-order chi connectivity index (χ1) is 10.4. The molecule has 2 aromatic heterocycles. The average molecular weight is 287 g/mol. The van der Waals surface area contributed by atoms with Crippen molar-refractivity contribution >= 4 is 11.8 Å². The van der Waals surface area contributed by atoms with Gasteiger partial charge in [0, 0.05) is 12.6 Å². The fourth-order valence-corrected chi connectivity index (χ4v) is 2.81. The van der Waals surface area contributed by atoms with Crippen molar-refractivity contribution in [3.05, 3.63) is 30.4 Å². The molecule has 0 amide bonds. The zero-order valence-electron chi connectivity index (χ0n) is 12.3. The number of piperidine rings is 1. The van der Waals surface area contributed by atoms with Gasteiger partial charge in [0.15, 0.2) is 5.82 Å². The molecule has 1 aliphatic rings. The Bertz CT molecular complexity index is 557. The second kappa shape index (κ2) is 6.56. The lowest BCUT2D eigenvalue weighted by molar-refractivity contribution is 0.446. The predicted octanol–water partition coefficient (Wildman–Crippen LogP) is 2.85. The van der Waals surface area contributed by atoms with Gasteiger partial charge in [-0.1, -0.05) is 6.92 Å². The molecule has 0 aromatic carbocycles. The van der Waals surface area contributed by atoms with Crippen LogP contribution in [0.5, 0.6) is 0 Å². The topological polar surface area (TPSA) is 67.1 Å². The first-order valence-electron chi connectivity index (χ1n) is 7.59. The normalized spacial score (nSPS) is 18.7. The van der Waals surface area contributed by atoms with Crippen LogP contribution in [0, 0.1) is 0 Å². The van der Waals surface area contributed by atoms with Crippen LogP contribution in [-0.4, -0.2) is 27.8 Å². The van der Waals surface area contributed by atoms with E-state index in [2.05, 4.69) is 32.3 Å². The number of hydrogen-bond acceptors (Lipinski definition) is 6. The molecular formula is C15H21N5O. The van der Waals surface area contributed by atoms with Crippen LogP contribution in [0.15, 0.2) is 29.0 Å². The van der Waals surface area contributed by atoms with Gasteiger partial charge in [-0.2, -0.15) is 10.1 Å². The van der Waals surface area contributed by atoms with Crippen molar-refractivity contribution in [2.24, 2.45) is 0 Å². The fourth-order valence-electron chi connectivity index (χ4n) is 2.81. The molecule has 1 saturated heterocycles. The van der Waals surface area contributed by atoms with Crippen molar-refractivity contribution in [2.75, 3.05) is 16.8 Å². The Morgan fingerprint density at radius 2 is 2.38 bits per heavy atom. The number of rotatable bonds is 5. The Hall–Kier alpha value is -2.11. The molecule has 6 heteroatoms. The third-order valence-electron chi connectivity index (χ3n) is 3.94. The van der Waals surface area contributed by atoms with Crippen LogP contribution in [0.3, 0.4) is 0 Å². The summed E-state index contributed by atoms with van der Waals surface area (Å²) in [6.45, 7) is 3.85. The minimum Gasteiger partial charge on any atom is -0.467 e. The monoisotopic (exact) mass is 287 g/mol. The summed E-state index contributed by atoms with van der Waals surface area (Å²) in [7, 11) is 0. The van der Waals surface area contributed by atoms with E-state index in [0.717, 1.165) is 24.5 Å². The lowest BCUT2D eigenvalue weighted by Crippen LogP contribution is -2.39. The number of anilines is 2. The standard InChI is InChI=1S/C15H21N5O/c1-2-12-6-3-4-8-20(12)14-11-17-19-15(18-14)16-10-13-7-5-9-21-13/h5,7,9,11-12H,2-4,6,8,10H2,1H3,(H,16,18,19). The van der Waals surface area contributed by atoms with Crippen LogP contribution in [0.1, 0.15) is 38.4 Å². The van der Waals surface area contributed by atoms with Crippen molar-refractivity contribution in [2.45, 2.75) is 45.2 Å². The molecule has 3 heterocycles. The van der Waals surface area contributed by atoms with Crippen molar-refractivity contribution in [1.82, 2.24) is 15.2 Å². The first-order valence-corrected chi connectivity index (χ1v) is 7.59. The van der Waals surface area contributed by atoms with E-state index in [1.807, 2.05) is 12.1 Å². The van der Waals surface area contributed by atoms with Crippen LogP contribution >= 0.6 is 0 Å². The van der Waals surface area contributed by atoms with Crippen molar-refractivity contribution in [3.8, 4) is 0 Å². The Balaban J connectivity index is 1.70. The number of nitrogens with one attached hydrogen (secondary N) is 1. The van der Waals surface area contributed by atoms with Crippen LogP contribution in [-0.2, 0) is 6.54 Å². The van der Waals surface area contributed by atoms with Gasteiger partial charge in [-0.05, 0) is 37.8 Å². The third kappa shape index (κ3) is 3.32. The van der Waals surface area contributed by atoms with Gasteiger partial charge in [-0.15, -0.1) is 5.10 Å². The number of aromatic nitrogens is 3. The fraction of sp³-hybridized carbons (Fsp3) is 0.533. The highest BCUT2D eigenvalue weighted by atomic mass is 16.3. The molecule has 112 valence electrons. The molecule has 1 unspecified atom stereocenters. The molecule has 1 fully saturated rings. The minimum absolute atomic E-state index is 0.546. The maximum atomic E-state index is 5.29. The molecule has 1 atom stereocenters. The van der Waals surface area contributed by atoms with E-state index in [-0.39, 0.29) is 0 Å². The average Bonchev–Trinajstić information content (AvgIpc) is 3.06. The molecule has 2 aromatic rings. The number of hydrogen-bond donors (Lipinski definition) is 1. The maximum absolute atomic E-state index is 5.29. The quantitative estimate of drug-likeness (QED) is 0.912. The number of furan rings is 1. The van der Waals surface area contributed by atoms with E-state index in [0.29, 0.717) is 18.5 Å². The SMILES string of the molecule is CCC1CCCCN1c1cnnc(NCc2ccco2)n1. The Morgan fingerprint density at radius 1 is 1.43 bits per heavy atom. The summed E-state index contributed by atoms with van der Waals surface area (Å²) >= 11 is 0. The highest BCUT2D eigenvalue weighted by Gasteiger charge is 2.22. The van der Waals surface area contributed by atoms with E-state index in [9.17, 15) is 0 Å². The van der Waals surface area contributed by atoms with Gasteiger partial charge in [-0.3, -0.25) is 0 Å². The Kier molecular flexibility index (Phi) is 4.33. The summed E-state index contributed by atoms with van der Waals surface area (Å²) in [5.74, 6) is 2.32. The van der Waals surface area contributed by atoms with Crippen LogP contribution in [0.2, 0.25) is 0 Å². The van der Waals surface area contributed by atoms with Gasteiger partial charge in [0.1, 0.15) is 5.76 Å². The molecule has 0 radical (unpaired) electrons. The molecule has 1 aliphatic heterocycles. The number of nitrogens with zero attached hydrogens (tertiary/aromatic N) is 4. The van der Waals surface area contributed by atoms with Crippen molar-refractivity contribution in [1.29, 1.82) is 0 Å². The Labute approximate surface area is 124 Å². The molecule has 0 saturated carbocycles. The van der Waals surface area contributed by atoms with Gasteiger partial charge in [0.25, 0.3) is 0 Å². The lowest BCUT2D eigenvalue weighted by Gasteiger charge is -2.35. The molecule has 21 heavy (non-hydrogen) atoms. The summed E-state index contributed by atoms with van der Waals surface area (Å²) in [4.78, 5) is 6.95. The summed E-state index contributed by atoms with van der Waals surface area (Å²) in [6, 6.07) is 4.35. The molecule has 0 bridgehead atoms. The predicted molar refractivity (Wildman–Crippen MR) is 81.1 cm³/mol. The lowest BCUT2D eigenvalue weighted by atomic mass is 10.0. The minimum atomic E-state index is 0.546. The van der Waals surface area contributed by atoms with E-state index >= 15 is 0 Å². The van der Waals surface area contributed by atoms with Gasteiger partial charge in [0.2, 0.25) is 5.95 Å². The molecule has 3 rings (SSSR count). The summed E-state index contributed by atoms with van der Waals surface area (Å²) in [6.07, 6.45) is 8.31. The molecular weight excluding hydrogens is 266 g/mol. The molecule has 0 spiro atoms. The molecule has 1 N–H and O–H groups in total. The van der Waals surface area contributed by atoms with E-state index in [4.69, 9.17) is 4.42 Å². The van der Waals surface area contributed by atoms with Gasteiger partial charge in [0.05, 0.1) is 19.0 Å². The van der Waals surface area contributed by atoms with Gasteiger partial charge >= 0.3 is 0 Å². The zero-order chi connectivity index (χ0) is 14.5. The first kappa shape index (κ1) is 13.9. The van der Waals surface area contributed by atoms with Gasteiger partial charge in [-0.25, -0.2) is 0 Å². The van der Waals surface area contributed by atoms with Crippen molar-refractivity contribution < 1.29 is 4.42 Å². The largest absolute Gasteiger partial charge is 0.467 e. The van der Waals surface area contributed by atoms with Crippen LogP contribution < -0.4 is 10.2 Å². The second-order valence-corrected chi connectivity index (χ2v) is 5.32. The second-order valence-electron chi connectivity index (χ2n) is 5.32. The summed E-state index contributed by atoms with van der Waals surface area (Å²) in [5, 5.41) is 11.3. The van der Waals surface area contributed by atoms with Gasteiger partial charge < -0.3 is 14.6 Å². The highest BCUT2D eigenvalue weighted by molar-refractivity contribution is 5.41.